The van der Waals surface area contributed by atoms with Crippen LogP contribution in [0.1, 0.15) is 38.2 Å². The van der Waals surface area contributed by atoms with Gasteiger partial charge in [0.2, 0.25) is 0 Å². The van der Waals surface area contributed by atoms with Gasteiger partial charge < -0.3 is 10.1 Å². The first kappa shape index (κ1) is 13.9. The van der Waals surface area contributed by atoms with Crippen LogP contribution < -0.4 is 5.32 Å². The summed E-state index contributed by atoms with van der Waals surface area (Å²) in [6, 6.07) is 8.64. The topological polar surface area (TPSA) is 21.3 Å². The van der Waals surface area contributed by atoms with Crippen molar-refractivity contribution in [1.82, 2.24) is 5.32 Å². The molecule has 1 aliphatic carbocycles. The molecule has 1 fully saturated rings. The third-order valence-corrected chi connectivity index (χ3v) is 3.47. The molecular formula is C15H22ClNO. The van der Waals surface area contributed by atoms with E-state index in [0.717, 1.165) is 30.5 Å². The van der Waals surface area contributed by atoms with Gasteiger partial charge in [-0.05, 0) is 37.0 Å². The second-order valence-electron chi connectivity index (χ2n) is 5.03. The van der Waals surface area contributed by atoms with Gasteiger partial charge in [-0.1, -0.05) is 37.1 Å². The van der Waals surface area contributed by atoms with Gasteiger partial charge in [-0.15, -0.1) is 0 Å². The highest BCUT2D eigenvalue weighted by atomic mass is 35.5. The molecule has 0 amide bonds. The van der Waals surface area contributed by atoms with Crippen LogP contribution in [0.4, 0.5) is 0 Å². The molecule has 2 nitrogen and oxygen atoms in total. The van der Waals surface area contributed by atoms with Gasteiger partial charge in [0.05, 0.1) is 12.7 Å². The smallest absolute Gasteiger partial charge is 0.0721 e. The Labute approximate surface area is 115 Å². The number of hydrogen-bond acceptors (Lipinski definition) is 2. The highest BCUT2D eigenvalue weighted by Gasteiger charge is 2.21. The summed E-state index contributed by atoms with van der Waals surface area (Å²) in [6.07, 6.45) is 5.27. The highest BCUT2D eigenvalue weighted by Crippen LogP contribution is 2.19. The SMILES string of the molecule is CCCC(CNC1CC1)OCc1ccc(Cl)cc1. The van der Waals surface area contributed by atoms with E-state index in [1.165, 1.54) is 18.4 Å². The van der Waals surface area contributed by atoms with Gasteiger partial charge >= 0.3 is 0 Å². The van der Waals surface area contributed by atoms with E-state index >= 15 is 0 Å². The van der Waals surface area contributed by atoms with Gasteiger partial charge in [0, 0.05) is 17.6 Å². The summed E-state index contributed by atoms with van der Waals surface area (Å²) in [4.78, 5) is 0. The number of ether oxygens (including phenoxy) is 1. The number of benzene rings is 1. The number of nitrogens with one attached hydrogen (secondary N) is 1. The Hall–Kier alpha value is -0.570. The first-order valence-corrected chi connectivity index (χ1v) is 7.25. The summed E-state index contributed by atoms with van der Waals surface area (Å²) >= 11 is 5.86. The molecule has 0 radical (unpaired) electrons. The Balaban J connectivity index is 1.74. The maximum absolute atomic E-state index is 5.98. The Morgan fingerprint density at radius 2 is 2.06 bits per heavy atom. The largest absolute Gasteiger partial charge is 0.372 e. The van der Waals surface area contributed by atoms with Crippen molar-refractivity contribution >= 4 is 11.6 Å². The van der Waals surface area contributed by atoms with Crippen LogP contribution in [0.15, 0.2) is 24.3 Å². The minimum Gasteiger partial charge on any atom is -0.372 e. The third-order valence-electron chi connectivity index (χ3n) is 3.22. The summed E-state index contributed by atoms with van der Waals surface area (Å²) in [5, 5.41) is 4.32. The van der Waals surface area contributed by atoms with Crippen molar-refractivity contribution in [3.05, 3.63) is 34.9 Å². The van der Waals surface area contributed by atoms with Crippen molar-refractivity contribution in [3.8, 4) is 0 Å². The predicted octanol–water partition coefficient (Wildman–Crippen LogP) is 3.78. The molecule has 0 bridgehead atoms. The van der Waals surface area contributed by atoms with E-state index in [-0.39, 0.29) is 0 Å². The molecule has 1 unspecified atom stereocenters. The third kappa shape index (κ3) is 4.97. The zero-order valence-electron chi connectivity index (χ0n) is 11.0. The zero-order valence-corrected chi connectivity index (χ0v) is 11.7. The van der Waals surface area contributed by atoms with Gasteiger partial charge in [-0.3, -0.25) is 0 Å². The molecule has 1 aliphatic rings. The summed E-state index contributed by atoms with van der Waals surface area (Å²) in [5.74, 6) is 0. The summed E-state index contributed by atoms with van der Waals surface area (Å²) in [5.41, 5.74) is 1.19. The van der Waals surface area contributed by atoms with Gasteiger partial charge in [-0.2, -0.15) is 0 Å². The van der Waals surface area contributed by atoms with Crippen LogP contribution in [0.3, 0.4) is 0 Å². The number of hydrogen-bond donors (Lipinski definition) is 1. The molecule has 18 heavy (non-hydrogen) atoms. The zero-order chi connectivity index (χ0) is 12.8. The molecule has 0 heterocycles. The van der Waals surface area contributed by atoms with Crippen LogP contribution in [-0.4, -0.2) is 18.7 Å². The molecule has 1 atom stereocenters. The molecule has 0 aromatic heterocycles. The minimum absolute atomic E-state index is 0.325. The van der Waals surface area contributed by atoms with Gasteiger partial charge in [0.25, 0.3) is 0 Å². The normalized spacial score (nSPS) is 16.8. The Bertz CT molecular complexity index is 348. The van der Waals surface area contributed by atoms with Gasteiger partial charge in [0.15, 0.2) is 0 Å². The molecule has 1 aromatic carbocycles. The standard InChI is InChI=1S/C15H22ClNO/c1-2-3-15(10-17-14-8-9-14)18-11-12-4-6-13(16)7-5-12/h4-7,14-15,17H,2-3,8-11H2,1H3. The molecule has 1 aromatic rings. The van der Waals surface area contributed by atoms with E-state index in [9.17, 15) is 0 Å². The Kier molecular flexibility index (Phi) is 5.48. The van der Waals surface area contributed by atoms with E-state index in [1.54, 1.807) is 0 Å². The number of rotatable bonds is 8. The van der Waals surface area contributed by atoms with Crippen LogP contribution in [0.25, 0.3) is 0 Å². The lowest BCUT2D eigenvalue weighted by Gasteiger charge is -2.18. The molecule has 1 saturated carbocycles. The molecule has 1 N–H and O–H groups in total. The predicted molar refractivity (Wildman–Crippen MR) is 76.0 cm³/mol. The Morgan fingerprint density at radius 3 is 2.67 bits per heavy atom. The molecule has 0 spiro atoms. The van der Waals surface area contributed by atoms with E-state index in [1.807, 2.05) is 24.3 Å². The maximum atomic E-state index is 5.98. The summed E-state index contributed by atoms with van der Waals surface area (Å²) in [7, 11) is 0. The average molecular weight is 268 g/mol. The molecule has 0 aliphatic heterocycles. The first-order chi connectivity index (χ1) is 8.78. The fourth-order valence-corrected chi connectivity index (χ4v) is 2.07. The summed E-state index contributed by atoms with van der Waals surface area (Å²) < 4.78 is 5.98. The van der Waals surface area contributed by atoms with Gasteiger partial charge in [0.1, 0.15) is 0 Å². The van der Waals surface area contributed by atoms with E-state index in [0.29, 0.717) is 12.7 Å². The summed E-state index contributed by atoms with van der Waals surface area (Å²) in [6.45, 7) is 3.86. The van der Waals surface area contributed by atoms with Crippen LogP contribution in [0.5, 0.6) is 0 Å². The van der Waals surface area contributed by atoms with E-state index in [4.69, 9.17) is 16.3 Å². The first-order valence-electron chi connectivity index (χ1n) is 6.87. The lowest BCUT2D eigenvalue weighted by atomic mass is 10.2. The van der Waals surface area contributed by atoms with Crippen molar-refractivity contribution in [1.29, 1.82) is 0 Å². The number of halogens is 1. The lowest BCUT2D eigenvalue weighted by Crippen LogP contribution is -2.30. The molecule has 0 saturated heterocycles. The van der Waals surface area contributed by atoms with Crippen molar-refractivity contribution in [3.63, 3.8) is 0 Å². The highest BCUT2D eigenvalue weighted by molar-refractivity contribution is 6.30. The van der Waals surface area contributed by atoms with Gasteiger partial charge in [-0.25, -0.2) is 0 Å². The molecule has 2 rings (SSSR count). The quantitative estimate of drug-likeness (QED) is 0.774. The van der Waals surface area contributed by atoms with Crippen LogP contribution >= 0.6 is 11.6 Å². The van der Waals surface area contributed by atoms with Crippen LogP contribution in [-0.2, 0) is 11.3 Å². The minimum atomic E-state index is 0.325. The van der Waals surface area contributed by atoms with Crippen LogP contribution in [0, 0.1) is 0 Å². The molecule has 3 heteroatoms. The second kappa shape index (κ2) is 7.13. The molecule has 100 valence electrons. The van der Waals surface area contributed by atoms with Crippen molar-refractivity contribution in [2.75, 3.05) is 6.54 Å². The van der Waals surface area contributed by atoms with E-state index < -0.39 is 0 Å². The fourth-order valence-electron chi connectivity index (χ4n) is 1.95. The van der Waals surface area contributed by atoms with Crippen molar-refractivity contribution < 1.29 is 4.74 Å². The Morgan fingerprint density at radius 1 is 1.33 bits per heavy atom. The van der Waals surface area contributed by atoms with Crippen LogP contribution in [0.2, 0.25) is 5.02 Å². The lowest BCUT2D eigenvalue weighted by molar-refractivity contribution is 0.0346. The average Bonchev–Trinajstić information content (AvgIpc) is 3.19. The van der Waals surface area contributed by atoms with E-state index in [2.05, 4.69) is 12.2 Å². The second-order valence-corrected chi connectivity index (χ2v) is 5.47. The van der Waals surface area contributed by atoms with Crippen molar-refractivity contribution in [2.24, 2.45) is 0 Å². The fraction of sp³-hybridized carbons (Fsp3) is 0.600. The maximum Gasteiger partial charge on any atom is 0.0721 e. The monoisotopic (exact) mass is 267 g/mol. The van der Waals surface area contributed by atoms with Crippen molar-refractivity contribution in [2.45, 2.75) is 51.4 Å². The molecular weight excluding hydrogens is 246 g/mol.